The molecule has 0 aromatic rings. The van der Waals surface area contributed by atoms with Gasteiger partial charge in [0.2, 0.25) is 5.91 Å². The van der Waals surface area contributed by atoms with Gasteiger partial charge in [-0.2, -0.15) is 8.42 Å². The minimum absolute atomic E-state index is 0. The van der Waals surface area contributed by atoms with Crippen LogP contribution >= 0.6 is 0 Å². The van der Waals surface area contributed by atoms with Crippen LogP contribution in [0, 0.1) is 0 Å². The van der Waals surface area contributed by atoms with E-state index in [1.54, 1.807) is 0 Å². The molecule has 0 heterocycles. The zero-order valence-corrected chi connectivity index (χ0v) is 28.2. The SMILES string of the molecule is CCCCCCCC/C=C\CCCCCCCC(=O)NCC(C)OC(=O)CC(C(=O)O)S(=O)(=O)O.[Na].[Na]. The Bertz CT molecular complexity index is 747. The molecular weight excluding hydrogens is 520 g/mol. The minimum atomic E-state index is -4.92. The van der Waals surface area contributed by atoms with Gasteiger partial charge in [-0.1, -0.05) is 70.4 Å². The first kappa shape index (κ1) is 41.5. The molecule has 3 N–H and O–H groups in total. The summed E-state index contributed by atoms with van der Waals surface area (Å²) in [5.74, 6) is -3.11. The zero-order chi connectivity index (χ0) is 26.5. The minimum Gasteiger partial charge on any atom is -0.480 e. The Kier molecular flexibility index (Phi) is 29.5. The number of hydrogen-bond acceptors (Lipinski definition) is 6. The summed E-state index contributed by atoms with van der Waals surface area (Å²) in [5.41, 5.74) is 0. The number of ether oxygens (including phenoxy) is 1. The first-order chi connectivity index (χ1) is 16.6. The van der Waals surface area contributed by atoms with Crippen molar-refractivity contribution in [1.82, 2.24) is 5.32 Å². The molecule has 2 unspecified atom stereocenters. The number of hydrogen-bond donors (Lipinski definition) is 3. The average molecular weight is 566 g/mol. The predicted octanol–water partition coefficient (Wildman–Crippen LogP) is 4.04. The van der Waals surface area contributed by atoms with Crippen molar-refractivity contribution in [1.29, 1.82) is 0 Å². The number of rotatable bonds is 22. The van der Waals surface area contributed by atoms with Crippen LogP contribution in [0.4, 0.5) is 0 Å². The molecule has 12 heteroatoms. The number of carbonyl (C=O) groups is 3. The van der Waals surface area contributed by atoms with Crippen LogP contribution in [-0.4, -0.2) is 113 Å². The van der Waals surface area contributed by atoms with Gasteiger partial charge in [-0.25, -0.2) is 0 Å². The van der Waals surface area contributed by atoms with Gasteiger partial charge < -0.3 is 15.2 Å². The van der Waals surface area contributed by atoms with Crippen molar-refractivity contribution in [2.75, 3.05) is 6.54 Å². The van der Waals surface area contributed by atoms with Crippen LogP contribution in [-0.2, 0) is 29.2 Å². The van der Waals surface area contributed by atoms with Gasteiger partial charge >= 0.3 is 11.9 Å². The fourth-order valence-corrected chi connectivity index (χ4v) is 4.09. The first-order valence-electron chi connectivity index (χ1n) is 12.9. The normalized spacial score (nSPS) is 12.7. The monoisotopic (exact) mass is 565 g/mol. The number of aliphatic carboxylic acids is 1. The second-order valence-corrected chi connectivity index (χ2v) is 10.6. The third-order valence-electron chi connectivity index (χ3n) is 5.57. The fourth-order valence-electron chi connectivity index (χ4n) is 3.49. The van der Waals surface area contributed by atoms with E-state index in [2.05, 4.69) is 24.4 Å². The summed E-state index contributed by atoms with van der Waals surface area (Å²) in [7, 11) is -4.92. The molecular formula is C25H45NNa2O8S. The third kappa shape index (κ3) is 26.1. The van der Waals surface area contributed by atoms with E-state index in [1.807, 2.05) is 0 Å². The van der Waals surface area contributed by atoms with Crippen molar-refractivity contribution in [3.8, 4) is 0 Å². The van der Waals surface area contributed by atoms with E-state index in [1.165, 1.54) is 51.9 Å². The molecule has 0 saturated heterocycles. The Morgan fingerprint density at radius 1 is 0.865 bits per heavy atom. The van der Waals surface area contributed by atoms with Crippen LogP contribution in [0.15, 0.2) is 12.2 Å². The van der Waals surface area contributed by atoms with Gasteiger partial charge in [0.1, 0.15) is 6.10 Å². The molecule has 0 aliphatic heterocycles. The summed E-state index contributed by atoms with van der Waals surface area (Å²) in [4.78, 5) is 34.5. The van der Waals surface area contributed by atoms with Crippen molar-refractivity contribution in [2.24, 2.45) is 0 Å². The summed E-state index contributed by atoms with van der Waals surface area (Å²) in [5, 5.41) is 9.15. The number of amides is 1. The van der Waals surface area contributed by atoms with Crippen molar-refractivity contribution < 1.29 is 37.2 Å². The molecule has 1 amide bonds. The predicted molar refractivity (Wildman–Crippen MR) is 147 cm³/mol. The molecule has 0 aliphatic carbocycles. The molecule has 0 aromatic heterocycles. The quantitative estimate of drug-likeness (QED) is 0.0586. The van der Waals surface area contributed by atoms with Gasteiger partial charge in [-0.05, 0) is 39.0 Å². The maximum Gasteiger partial charge on any atom is 0.325 e. The van der Waals surface area contributed by atoms with Crippen LogP contribution < -0.4 is 5.32 Å². The Labute approximate surface area is 267 Å². The van der Waals surface area contributed by atoms with Gasteiger partial charge in [0.15, 0.2) is 5.25 Å². The second-order valence-electron chi connectivity index (χ2n) is 8.98. The number of nitrogens with one attached hydrogen (secondary N) is 1. The van der Waals surface area contributed by atoms with Gasteiger partial charge in [-0.3, -0.25) is 18.9 Å². The van der Waals surface area contributed by atoms with E-state index >= 15 is 0 Å². The molecule has 0 spiro atoms. The molecule has 0 fully saturated rings. The van der Waals surface area contributed by atoms with Crippen LogP contribution in [0.5, 0.6) is 0 Å². The number of carboxylic acids is 1. The van der Waals surface area contributed by atoms with Crippen LogP contribution in [0.1, 0.15) is 110 Å². The van der Waals surface area contributed by atoms with E-state index in [-0.39, 0.29) is 71.6 Å². The molecule has 9 nitrogen and oxygen atoms in total. The van der Waals surface area contributed by atoms with E-state index in [0.29, 0.717) is 6.42 Å². The first-order valence-corrected chi connectivity index (χ1v) is 14.4. The third-order valence-corrected chi connectivity index (χ3v) is 6.66. The standard InChI is InChI=1S/C25H45NO8S.2Na/c1-3-4-5-6-7-8-9-10-11-12-13-14-15-16-17-18-23(27)26-20-21(2)34-24(28)19-22(25(29)30)35(31,32)33;;/h10-11,21-22H,3-9,12-20H2,1-2H3,(H,26,27)(H,29,30)(H,31,32,33);;/b11-10-;;. The van der Waals surface area contributed by atoms with Gasteiger partial charge in [0.25, 0.3) is 10.1 Å². The fraction of sp³-hybridized carbons (Fsp3) is 0.800. The smallest absolute Gasteiger partial charge is 0.325 e. The topological polar surface area (TPSA) is 147 Å². The summed E-state index contributed by atoms with van der Waals surface area (Å²) >= 11 is 0. The molecule has 0 rings (SSSR count). The molecule has 206 valence electrons. The zero-order valence-electron chi connectivity index (χ0n) is 23.4. The number of allylic oxidation sites excluding steroid dienone is 2. The summed E-state index contributed by atoms with van der Waals surface area (Å²) in [6.45, 7) is 3.75. The average Bonchev–Trinajstić information content (AvgIpc) is 2.77. The molecule has 37 heavy (non-hydrogen) atoms. The van der Waals surface area contributed by atoms with Crippen LogP contribution in [0.3, 0.4) is 0 Å². The van der Waals surface area contributed by atoms with E-state index in [4.69, 9.17) is 14.4 Å². The summed E-state index contributed by atoms with van der Waals surface area (Å²) in [6, 6.07) is 0. The van der Waals surface area contributed by atoms with E-state index in [9.17, 15) is 22.8 Å². The Balaban J connectivity index is -0.00000578. The Morgan fingerprint density at radius 2 is 1.35 bits per heavy atom. The molecule has 0 bridgehead atoms. The summed E-state index contributed by atoms with van der Waals surface area (Å²) in [6.07, 6.45) is 18.5. The van der Waals surface area contributed by atoms with Gasteiger partial charge in [0.05, 0.1) is 13.0 Å². The Hall–Kier alpha value is 0.0600. The number of unbranched alkanes of at least 4 members (excludes halogenated alkanes) is 11. The van der Waals surface area contributed by atoms with E-state index < -0.39 is 39.8 Å². The number of esters is 1. The molecule has 0 saturated carbocycles. The van der Waals surface area contributed by atoms with Gasteiger partial charge in [0, 0.05) is 65.5 Å². The van der Waals surface area contributed by atoms with Crippen molar-refractivity contribution >= 4 is 87.1 Å². The van der Waals surface area contributed by atoms with Crippen LogP contribution in [0.2, 0.25) is 0 Å². The molecule has 0 aromatic carbocycles. The second kappa shape index (κ2) is 26.3. The molecule has 0 aliphatic rings. The van der Waals surface area contributed by atoms with Crippen molar-refractivity contribution in [2.45, 2.75) is 122 Å². The van der Waals surface area contributed by atoms with Gasteiger partial charge in [-0.15, -0.1) is 0 Å². The Morgan fingerprint density at radius 3 is 1.84 bits per heavy atom. The number of carboxylic acid groups (broad SMARTS) is 1. The molecule has 2 atom stereocenters. The van der Waals surface area contributed by atoms with Crippen LogP contribution in [0.25, 0.3) is 0 Å². The number of carbonyl (C=O) groups excluding carboxylic acids is 2. The van der Waals surface area contributed by atoms with Crippen molar-refractivity contribution in [3.63, 3.8) is 0 Å². The largest absolute Gasteiger partial charge is 0.480 e. The maximum atomic E-state index is 11.9. The molecule has 2 radical (unpaired) electrons. The maximum absolute atomic E-state index is 11.9. The van der Waals surface area contributed by atoms with Crippen molar-refractivity contribution in [3.05, 3.63) is 12.2 Å². The summed E-state index contributed by atoms with van der Waals surface area (Å²) < 4.78 is 35.8. The van der Waals surface area contributed by atoms with E-state index in [0.717, 1.165) is 38.5 Å².